The summed E-state index contributed by atoms with van der Waals surface area (Å²) >= 11 is 5.63. The predicted octanol–water partition coefficient (Wildman–Crippen LogP) is 1.90. The van der Waals surface area contributed by atoms with Gasteiger partial charge in [-0.2, -0.15) is 0 Å². The van der Waals surface area contributed by atoms with Gasteiger partial charge in [-0.25, -0.2) is 10.0 Å². The number of carbonyl (C=O) groups excluding carboxylic acids is 1. The van der Waals surface area contributed by atoms with Crippen molar-refractivity contribution in [3.05, 3.63) is 29.0 Å². The number of carbonyl (C=O) groups is 1. The van der Waals surface area contributed by atoms with E-state index in [0.717, 1.165) is 12.8 Å². The molecule has 0 atom stereocenters. The molecule has 1 saturated heterocycles. The van der Waals surface area contributed by atoms with E-state index < -0.39 is 0 Å². The quantitative estimate of drug-likeness (QED) is 0.687. The zero-order valence-electron chi connectivity index (χ0n) is 8.15. The average molecular weight is 227 g/mol. The van der Waals surface area contributed by atoms with Crippen LogP contribution in [0.2, 0.25) is 5.15 Å². The molecule has 0 unspecified atom stereocenters. The smallest absolute Gasteiger partial charge is 0.271 e. The van der Waals surface area contributed by atoms with Gasteiger partial charge in [0, 0.05) is 12.7 Å². The summed E-state index contributed by atoms with van der Waals surface area (Å²) in [6.07, 6.45) is 3.44. The first kappa shape index (κ1) is 10.4. The lowest BCUT2D eigenvalue weighted by atomic mass is 10.2. The van der Waals surface area contributed by atoms with Crippen molar-refractivity contribution in [3.8, 4) is 0 Å². The molecule has 2 heterocycles. The third-order valence-electron chi connectivity index (χ3n) is 2.20. The zero-order valence-corrected chi connectivity index (χ0v) is 8.91. The molecule has 0 aliphatic carbocycles. The molecule has 0 spiro atoms. The second kappa shape index (κ2) is 4.59. The van der Waals surface area contributed by atoms with Gasteiger partial charge in [-0.1, -0.05) is 11.6 Å². The standard InChI is InChI=1S/C10H11ClN2O2/c11-9-4-3-8(7-12-9)10(14)13-5-1-2-6-15-13/h3-4,7H,1-2,5-6H2. The number of hydrogen-bond donors (Lipinski definition) is 0. The topological polar surface area (TPSA) is 42.4 Å². The molecule has 0 saturated carbocycles. The molecule has 2 rings (SSSR count). The Morgan fingerprint density at radius 1 is 1.47 bits per heavy atom. The van der Waals surface area contributed by atoms with Gasteiger partial charge in [-0.05, 0) is 25.0 Å². The van der Waals surface area contributed by atoms with Crippen molar-refractivity contribution >= 4 is 17.5 Å². The van der Waals surface area contributed by atoms with Gasteiger partial charge in [0.05, 0.1) is 12.2 Å². The summed E-state index contributed by atoms with van der Waals surface area (Å²) in [7, 11) is 0. The van der Waals surface area contributed by atoms with E-state index in [0.29, 0.717) is 23.9 Å². The van der Waals surface area contributed by atoms with Crippen LogP contribution in [0.1, 0.15) is 23.2 Å². The van der Waals surface area contributed by atoms with Crippen molar-refractivity contribution in [3.63, 3.8) is 0 Å². The van der Waals surface area contributed by atoms with Crippen molar-refractivity contribution in [2.75, 3.05) is 13.2 Å². The number of rotatable bonds is 1. The minimum atomic E-state index is -0.154. The van der Waals surface area contributed by atoms with Crippen molar-refractivity contribution < 1.29 is 9.63 Å². The molecule has 4 nitrogen and oxygen atoms in total. The Hall–Kier alpha value is -1.13. The number of hydrogen-bond acceptors (Lipinski definition) is 3. The molecule has 1 aliphatic rings. The molecule has 1 aromatic rings. The first-order valence-electron chi connectivity index (χ1n) is 4.84. The summed E-state index contributed by atoms with van der Waals surface area (Å²) in [6, 6.07) is 3.24. The molecule has 1 amide bonds. The van der Waals surface area contributed by atoms with Crippen LogP contribution >= 0.6 is 11.6 Å². The normalized spacial score (nSPS) is 16.5. The minimum Gasteiger partial charge on any atom is -0.271 e. The highest BCUT2D eigenvalue weighted by Crippen LogP contribution is 2.12. The summed E-state index contributed by atoms with van der Waals surface area (Å²) in [5, 5.41) is 1.76. The number of halogens is 1. The van der Waals surface area contributed by atoms with Crippen molar-refractivity contribution in [2.45, 2.75) is 12.8 Å². The van der Waals surface area contributed by atoms with Gasteiger partial charge in [0.2, 0.25) is 0 Å². The second-order valence-electron chi connectivity index (χ2n) is 3.32. The fourth-order valence-corrected chi connectivity index (χ4v) is 1.52. The highest BCUT2D eigenvalue weighted by Gasteiger charge is 2.19. The third kappa shape index (κ3) is 2.46. The number of hydroxylamine groups is 2. The van der Waals surface area contributed by atoms with E-state index in [2.05, 4.69) is 4.98 Å². The van der Waals surface area contributed by atoms with Crippen LogP contribution in [0.15, 0.2) is 18.3 Å². The molecule has 1 aromatic heterocycles. The fraction of sp³-hybridized carbons (Fsp3) is 0.400. The van der Waals surface area contributed by atoms with Gasteiger partial charge in [-0.3, -0.25) is 9.63 Å². The van der Waals surface area contributed by atoms with Gasteiger partial charge >= 0.3 is 0 Å². The van der Waals surface area contributed by atoms with Gasteiger partial charge in [-0.15, -0.1) is 0 Å². The van der Waals surface area contributed by atoms with E-state index in [1.54, 1.807) is 12.1 Å². The van der Waals surface area contributed by atoms with Gasteiger partial charge in [0.25, 0.3) is 5.91 Å². The summed E-state index contributed by atoms with van der Waals surface area (Å²) in [5.41, 5.74) is 0.501. The number of amides is 1. The molecule has 1 fully saturated rings. The zero-order chi connectivity index (χ0) is 10.7. The monoisotopic (exact) mass is 226 g/mol. The summed E-state index contributed by atoms with van der Waals surface area (Å²) < 4.78 is 0. The Balaban J connectivity index is 2.09. The second-order valence-corrected chi connectivity index (χ2v) is 3.70. The molecule has 5 heteroatoms. The Morgan fingerprint density at radius 2 is 2.33 bits per heavy atom. The van der Waals surface area contributed by atoms with E-state index in [4.69, 9.17) is 16.4 Å². The lowest BCUT2D eigenvalue weighted by Gasteiger charge is -2.25. The number of aromatic nitrogens is 1. The van der Waals surface area contributed by atoms with Crippen LogP contribution in [-0.4, -0.2) is 29.1 Å². The Kier molecular flexibility index (Phi) is 3.18. The Bertz CT molecular complexity index is 347. The van der Waals surface area contributed by atoms with Crippen LogP contribution in [0, 0.1) is 0 Å². The van der Waals surface area contributed by atoms with Crippen molar-refractivity contribution in [1.29, 1.82) is 0 Å². The molecule has 15 heavy (non-hydrogen) atoms. The van der Waals surface area contributed by atoms with E-state index in [1.807, 2.05) is 0 Å². The molecule has 0 bridgehead atoms. The van der Waals surface area contributed by atoms with Crippen LogP contribution < -0.4 is 0 Å². The SMILES string of the molecule is O=C(c1ccc(Cl)nc1)N1CCCCO1. The molecule has 80 valence electrons. The first-order chi connectivity index (χ1) is 7.27. The third-order valence-corrected chi connectivity index (χ3v) is 2.43. The molecule has 0 aromatic carbocycles. The lowest BCUT2D eigenvalue weighted by molar-refractivity contribution is -0.144. The summed E-state index contributed by atoms with van der Waals surface area (Å²) in [6.45, 7) is 1.24. The van der Waals surface area contributed by atoms with Crippen LogP contribution in [0.4, 0.5) is 0 Å². The van der Waals surface area contributed by atoms with Crippen LogP contribution in [0.25, 0.3) is 0 Å². The Labute approximate surface area is 92.8 Å². The average Bonchev–Trinajstić information content (AvgIpc) is 2.30. The van der Waals surface area contributed by atoms with E-state index in [9.17, 15) is 4.79 Å². The van der Waals surface area contributed by atoms with E-state index in [-0.39, 0.29) is 5.91 Å². The van der Waals surface area contributed by atoms with Crippen LogP contribution in [0.3, 0.4) is 0 Å². The van der Waals surface area contributed by atoms with Crippen molar-refractivity contribution in [1.82, 2.24) is 10.0 Å². The molecule has 0 radical (unpaired) electrons. The summed E-state index contributed by atoms with van der Waals surface area (Å²) in [5.74, 6) is -0.154. The maximum Gasteiger partial charge on any atom is 0.278 e. The fourth-order valence-electron chi connectivity index (χ4n) is 1.40. The van der Waals surface area contributed by atoms with Gasteiger partial charge in [0.15, 0.2) is 0 Å². The highest BCUT2D eigenvalue weighted by atomic mass is 35.5. The maximum atomic E-state index is 11.8. The van der Waals surface area contributed by atoms with E-state index >= 15 is 0 Å². The van der Waals surface area contributed by atoms with Crippen LogP contribution in [-0.2, 0) is 4.84 Å². The largest absolute Gasteiger partial charge is 0.278 e. The lowest BCUT2D eigenvalue weighted by Crippen LogP contribution is -2.35. The van der Waals surface area contributed by atoms with E-state index in [1.165, 1.54) is 11.3 Å². The number of nitrogens with zero attached hydrogens (tertiary/aromatic N) is 2. The first-order valence-corrected chi connectivity index (χ1v) is 5.21. The molecule has 1 aliphatic heterocycles. The van der Waals surface area contributed by atoms with Gasteiger partial charge < -0.3 is 0 Å². The van der Waals surface area contributed by atoms with Crippen molar-refractivity contribution in [2.24, 2.45) is 0 Å². The van der Waals surface area contributed by atoms with Crippen LogP contribution in [0.5, 0.6) is 0 Å². The minimum absolute atomic E-state index is 0.154. The molecular weight excluding hydrogens is 216 g/mol. The molecular formula is C10H11ClN2O2. The Morgan fingerprint density at radius 3 is 2.93 bits per heavy atom. The number of pyridine rings is 1. The highest BCUT2D eigenvalue weighted by molar-refractivity contribution is 6.29. The summed E-state index contributed by atoms with van der Waals surface area (Å²) in [4.78, 5) is 20.9. The maximum absolute atomic E-state index is 11.8. The molecule has 0 N–H and O–H groups in total. The van der Waals surface area contributed by atoms with Gasteiger partial charge in [0.1, 0.15) is 5.15 Å². The predicted molar refractivity (Wildman–Crippen MR) is 55.5 cm³/mol.